The van der Waals surface area contributed by atoms with Crippen LogP contribution in [0.15, 0.2) is 0 Å². The highest BCUT2D eigenvalue weighted by Crippen LogP contribution is 2.19. The Morgan fingerprint density at radius 3 is 2.65 bits per heavy atom. The fraction of sp³-hybridized carbons (Fsp3) is 0.818. The van der Waals surface area contributed by atoms with Gasteiger partial charge in [-0.1, -0.05) is 13.3 Å². The number of alkyl carbamates (subject to hydrolysis) is 1. The van der Waals surface area contributed by atoms with Gasteiger partial charge in [-0.3, -0.25) is 0 Å². The van der Waals surface area contributed by atoms with Gasteiger partial charge in [0.05, 0.1) is 12.6 Å². The largest absolute Gasteiger partial charge is 0.450 e. The number of piperidine rings is 1. The number of likely N-dealkylation sites (tertiary alicyclic amines) is 1. The first-order valence-electron chi connectivity index (χ1n) is 6.04. The zero-order chi connectivity index (χ0) is 12.8. The summed E-state index contributed by atoms with van der Waals surface area (Å²) in [5.74, 6) is 0.378. The van der Waals surface area contributed by atoms with Crippen LogP contribution in [-0.4, -0.2) is 42.8 Å². The lowest BCUT2D eigenvalue weighted by atomic mass is 9.92. The first kappa shape index (κ1) is 13.6. The molecule has 0 bridgehead atoms. The molecule has 1 heterocycles. The highest BCUT2D eigenvalue weighted by molar-refractivity contribution is 5.72. The molecule has 0 aliphatic carbocycles. The number of nitrogens with one attached hydrogen (secondary N) is 1. The third-order valence-corrected chi connectivity index (χ3v) is 3.02. The van der Waals surface area contributed by atoms with Crippen LogP contribution < -0.4 is 11.1 Å². The van der Waals surface area contributed by atoms with E-state index in [0.717, 1.165) is 12.8 Å². The predicted octanol–water partition coefficient (Wildman–Crippen LogP) is 0.912. The Labute approximate surface area is 101 Å². The average Bonchev–Trinajstić information content (AvgIpc) is 2.28. The summed E-state index contributed by atoms with van der Waals surface area (Å²) >= 11 is 0. The van der Waals surface area contributed by atoms with Gasteiger partial charge in [0.15, 0.2) is 0 Å². The average molecular weight is 243 g/mol. The number of nitrogens with two attached hydrogens (primary N) is 1. The highest BCUT2D eigenvalue weighted by Gasteiger charge is 2.29. The van der Waals surface area contributed by atoms with Gasteiger partial charge in [0.1, 0.15) is 0 Å². The van der Waals surface area contributed by atoms with Gasteiger partial charge in [-0.15, -0.1) is 0 Å². The van der Waals surface area contributed by atoms with E-state index in [-0.39, 0.29) is 6.04 Å². The number of hydrogen-bond acceptors (Lipinski definition) is 3. The van der Waals surface area contributed by atoms with Gasteiger partial charge < -0.3 is 20.7 Å². The maximum absolute atomic E-state index is 11.3. The van der Waals surface area contributed by atoms with Crippen LogP contribution in [0.2, 0.25) is 0 Å². The molecular formula is C11H21N3O3. The van der Waals surface area contributed by atoms with Crippen LogP contribution in [0.4, 0.5) is 9.59 Å². The molecule has 17 heavy (non-hydrogen) atoms. The maximum Gasteiger partial charge on any atom is 0.407 e. The molecule has 1 aliphatic rings. The maximum atomic E-state index is 11.3. The first-order valence-corrected chi connectivity index (χ1v) is 6.04. The number of carbonyl (C=O) groups excluding carboxylic acids is 2. The van der Waals surface area contributed by atoms with Crippen LogP contribution in [0.3, 0.4) is 0 Å². The summed E-state index contributed by atoms with van der Waals surface area (Å²) in [5.41, 5.74) is 5.28. The third-order valence-electron chi connectivity index (χ3n) is 3.02. The predicted molar refractivity (Wildman–Crippen MR) is 63.5 cm³/mol. The van der Waals surface area contributed by atoms with Gasteiger partial charge in [-0.2, -0.15) is 0 Å². The van der Waals surface area contributed by atoms with Gasteiger partial charge in [0, 0.05) is 13.1 Å². The summed E-state index contributed by atoms with van der Waals surface area (Å²) in [6, 6.07) is -0.501. The van der Waals surface area contributed by atoms with Crippen LogP contribution >= 0.6 is 0 Å². The Morgan fingerprint density at radius 1 is 1.41 bits per heavy atom. The molecule has 3 N–H and O–H groups in total. The molecule has 1 aliphatic heterocycles. The van der Waals surface area contributed by atoms with Crippen LogP contribution in [0, 0.1) is 5.92 Å². The minimum absolute atomic E-state index is 0.0692. The van der Waals surface area contributed by atoms with Crippen LogP contribution in [0.1, 0.15) is 26.7 Å². The topological polar surface area (TPSA) is 84.7 Å². The molecule has 1 saturated heterocycles. The van der Waals surface area contributed by atoms with Gasteiger partial charge in [0.2, 0.25) is 0 Å². The lowest BCUT2D eigenvalue weighted by molar-refractivity contribution is 0.124. The van der Waals surface area contributed by atoms with Crippen molar-refractivity contribution in [1.29, 1.82) is 0 Å². The summed E-state index contributed by atoms with van der Waals surface area (Å²) in [6.45, 7) is 5.30. The molecule has 98 valence electrons. The SMILES string of the molecule is CCOC(=O)NC1CC(CC)CN(C(N)=O)C1. The van der Waals surface area contributed by atoms with Crippen LogP contribution in [-0.2, 0) is 4.74 Å². The molecule has 0 aromatic rings. The number of rotatable bonds is 3. The van der Waals surface area contributed by atoms with Crippen molar-refractivity contribution < 1.29 is 14.3 Å². The van der Waals surface area contributed by atoms with E-state index in [1.807, 2.05) is 0 Å². The molecular weight excluding hydrogens is 222 g/mol. The van der Waals surface area contributed by atoms with Crippen LogP contribution in [0.5, 0.6) is 0 Å². The fourth-order valence-corrected chi connectivity index (χ4v) is 2.12. The standard InChI is InChI=1S/C11H21N3O3/c1-3-8-5-9(13-11(16)17-4-2)7-14(6-8)10(12)15/h8-9H,3-7H2,1-2H3,(H2,12,15)(H,13,16). The van der Waals surface area contributed by atoms with Crippen molar-refractivity contribution in [1.82, 2.24) is 10.2 Å². The molecule has 2 unspecified atom stereocenters. The lowest BCUT2D eigenvalue weighted by Gasteiger charge is -2.36. The van der Waals surface area contributed by atoms with Crippen molar-refractivity contribution in [3.63, 3.8) is 0 Å². The van der Waals surface area contributed by atoms with Gasteiger partial charge in [0.25, 0.3) is 0 Å². The molecule has 2 atom stereocenters. The highest BCUT2D eigenvalue weighted by atomic mass is 16.5. The van der Waals surface area contributed by atoms with E-state index in [9.17, 15) is 9.59 Å². The van der Waals surface area contributed by atoms with E-state index in [4.69, 9.17) is 10.5 Å². The monoisotopic (exact) mass is 243 g/mol. The van der Waals surface area contributed by atoms with Crippen molar-refractivity contribution in [2.75, 3.05) is 19.7 Å². The number of amides is 3. The minimum Gasteiger partial charge on any atom is -0.450 e. The number of carbonyl (C=O) groups is 2. The Balaban J connectivity index is 2.53. The molecule has 0 aromatic heterocycles. The second-order valence-corrected chi connectivity index (χ2v) is 4.31. The quantitative estimate of drug-likeness (QED) is 0.772. The van der Waals surface area contributed by atoms with E-state index in [1.165, 1.54) is 0 Å². The number of primary amides is 1. The van der Waals surface area contributed by atoms with Crippen molar-refractivity contribution >= 4 is 12.1 Å². The fourth-order valence-electron chi connectivity index (χ4n) is 2.12. The summed E-state index contributed by atoms with van der Waals surface area (Å²) in [7, 11) is 0. The van der Waals surface area contributed by atoms with Crippen LogP contribution in [0.25, 0.3) is 0 Å². The normalized spacial score (nSPS) is 24.2. The molecule has 1 rings (SSSR count). The summed E-state index contributed by atoms with van der Waals surface area (Å²) in [4.78, 5) is 24.1. The number of nitrogens with zero attached hydrogens (tertiary/aromatic N) is 1. The summed E-state index contributed by atoms with van der Waals surface area (Å²) in [5, 5.41) is 2.76. The number of hydrogen-bond donors (Lipinski definition) is 2. The van der Waals surface area contributed by atoms with E-state index >= 15 is 0 Å². The first-order chi connectivity index (χ1) is 8.06. The van der Waals surface area contributed by atoms with E-state index in [0.29, 0.717) is 25.6 Å². The molecule has 1 fully saturated rings. The third kappa shape index (κ3) is 4.13. The Bertz CT molecular complexity index is 283. The second-order valence-electron chi connectivity index (χ2n) is 4.31. The van der Waals surface area contributed by atoms with Gasteiger partial charge >= 0.3 is 12.1 Å². The number of ether oxygens (including phenoxy) is 1. The number of urea groups is 1. The second kappa shape index (κ2) is 6.32. The molecule has 0 spiro atoms. The van der Waals surface area contributed by atoms with E-state index in [2.05, 4.69) is 12.2 Å². The Morgan fingerprint density at radius 2 is 2.12 bits per heavy atom. The van der Waals surface area contributed by atoms with E-state index in [1.54, 1.807) is 11.8 Å². The minimum atomic E-state index is -0.432. The zero-order valence-electron chi connectivity index (χ0n) is 10.4. The Hall–Kier alpha value is -1.46. The van der Waals surface area contributed by atoms with Crippen molar-refractivity contribution in [3.8, 4) is 0 Å². The molecule has 0 radical (unpaired) electrons. The summed E-state index contributed by atoms with van der Waals surface area (Å²) < 4.78 is 4.82. The van der Waals surface area contributed by atoms with Gasteiger partial charge in [-0.25, -0.2) is 9.59 Å². The molecule has 3 amide bonds. The van der Waals surface area contributed by atoms with Crippen molar-refractivity contribution in [2.45, 2.75) is 32.7 Å². The zero-order valence-corrected chi connectivity index (χ0v) is 10.4. The molecule has 0 aromatic carbocycles. The molecule has 6 nitrogen and oxygen atoms in total. The van der Waals surface area contributed by atoms with Gasteiger partial charge in [-0.05, 0) is 19.3 Å². The van der Waals surface area contributed by atoms with Crippen molar-refractivity contribution in [2.24, 2.45) is 11.7 Å². The smallest absolute Gasteiger partial charge is 0.407 e. The molecule has 6 heteroatoms. The van der Waals surface area contributed by atoms with E-state index < -0.39 is 12.1 Å². The lowest BCUT2D eigenvalue weighted by Crippen LogP contribution is -2.53. The van der Waals surface area contributed by atoms with Crippen molar-refractivity contribution in [3.05, 3.63) is 0 Å². The summed E-state index contributed by atoms with van der Waals surface area (Å²) in [6.07, 6.45) is 1.39. The Kier molecular flexibility index (Phi) is 5.06. The molecule has 0 saturated carbocycles.